The highest BCUT2D eigenvalue weighted by Gasteiger charge is 2.12. The summed E-state index contributed by atoms with van der Waals surface area (Å²) in [5.74, 6) is -0.217. The Morgan fingerprint density at radius 1 is 1.30 bits per heavy atom. The van der Waals surface area contributed by atoms with Crippen molar-refractivity contribution in [1.29, 1.82) is 0 Å². The quantitative estimate of drug-likeness (QED) is 0.712. The second-order valence-electron chi connectivity index (χ2n) is 4.23. The molecule has 0 fully saturated rings. The summed E-state index contributed by atoms with van der Waals surface area (Å²) in [7, 11) is 1.49. The number of nitrogens with zero attached hydrogens (tertiary/aromatic N) is 2. The van der Waals surface area contributed by atoms with Crippen molar-refractivity contribution in [3.8, 4) is 11.4 Å². The Hall–Kier alpha value is -2.41. The summed E-state index contributed by atoms with van der Waals surface area (Å²) in [5, 5.41) is -0.0502. The van der Waals surface area contributed by atoms with Crippen LogP contribution in [0.5, 0.6) is 0 Å². The molecule has 0 bridgehead atoms. The first-order valence-corrected chi connectivity index (χ1v) is 5.99. The van der Waals surface area contributed by atoms with Crippen LogP contribution in [0.15, 0.2) is 27.8 Å². The third kappa shape index (κ3) is 1.83. The zero-order valence-electron chi connectivity index (χ0n) is 10.2. The van der Waals surface area contributed by atoms with E-state index in [4.69, 9.17) is 11.6 Å². The van der Waals surface area contributed by atoms with E-state index in [0.29, 0.717) is 11.4 Å². The van der Waals surface area contributed by atoms with Crippen LogP contribution in [0.2, 0.25) is 5.02 Å². The van der Waals surface area contributed by atoms with Gasteiger partial charge in [-0.25, -0.2) is 14.2 Å². The van der Waals surface area contributed by atoms with E-state index in [9.17, 15) is 14.0 Å². The van der Waals surface area contributed by atoms with Crippen LogP contribution in [0.3, 0.4) is 0 Å². The van der Waals surface area contributed by atoms with E-state index in [0.717, 1.165) is 0 Å². The third-order valence-corrected chi connectivity index (χ3v) is 3.24. The molecule has 0 aliphatic carbocycles. The minimum Gasteiger partial charge on any atom is -0.332 e. The average molecular weight is 295 g/mol. The molecule has 2 aromatic heterocycles. The Labute approximate surface area is 115 Å². The number of rotatable bonds is 1. The van der Waals surface area contributed by atoms with Gasteiger partial charge in [-0.3, -0.25) is 14.3 Å². The minimum absolute atomic E-state index is 0.0502. The van der Waals surface area contributed by atoms with Gasteiger partial charge in [-0.1, -0.05) is 11.6 Å². The molecule has 102 valence electrons. The molecule has 0 radical (unpaired) electrons. The van der Waals surface area contributed by atoms with Gasteiger partial charge in [0.25, 0.3) is 5.56 Å². The third-order valence-electron chi connectivity index (χ3n) is 2.95. The van der Waals surface area contributed by atoms with E-state index >= 15 is 0 Å². The smallest absolute Gasteiger partial charge is 0.329 e. The molecule has 2 N–H and O–H groups in total. The second kappa shape index (κ2) is 4.31. The van der Waals surface area contributed by atoms with Crippen LogP contribution in [0, 0.1) is 5.82 Å². The molecule has 2 heterocycles. The highest BCUT2D eigenvalue weighted by Crippen LogP contribution is 2.23. The number of aromatic nitrogens is 4. The predicted octanol–water partition coefficient (Wildman–Crippen LogP) is 1.41. The molecule has 6 nitrogen and oxygen atoms in total. The molecule has 3 aromatic rings. The number of imidazole rings is 1. The second-order valence-corrected chi connectivity index (χ2v) is 4.64. The van der Waals surface area contributed by atoms with Crippen molar-refractivity contribution < 1.29 is 4.39 Å². The lowest BCUT2D eigenvalue weighted by Gasteiger charge is -1.98. The van der Waals surface area contributed by atoms with E-state index in [1.165, 1.54) is 29.8 Å². The van der Waals surface area contributed by atoms with Crippen molar-refractivity contribution in [3.05, 3.63) is 49.9 Å². The maximum atomic E-state index is 13.1. The molecular formula is C12H8ClFN4O2. The van der Waals surface area contributed by atoms with Crippen molar-refractivity contribution in [2.45, 2.75) is 0 Å². The SMILES string of the molecule is Cn1c(=O)[nH]c(=O)c2[nH]c(-c3ccc(F)c(Cl)c3)nc21. The standard InChI is InChI=1S/C12H8ClFN4O2/c1-18-10-8(11(19)17-12(18)20)15-9(16-10)5-2-3-7(14)6(13)4-5/h2-4H,1H3,(H,15,16)(H,17,19,20). The summed E-state index contributed by atoms with van der Waals surface area (Å²) in [6.07, 6.45) is 0. The predicted molar refractivity (Wildman–Crippen MR) is 72.4 cm³/mol. The highest BCUT2D eigenvalue weighted by molar-refractivity contribution is 6.31. The van der Waals surface area contributed by atoms with E-state index < -0.39 is 17.1 Å². The first-order chi connectivity index (χ1) is 9.47. The molecule has 0 spiro atoms. The van der Waals surface area contributed by atoms with Crippen molar-refractivity contribution in [2.24, 2.45) is 7.05 Å². The van der Waals surface area contributed by atoms with E-state index in [-0.39, 0.29) is 16.2 Å². The maximum absolute atomic E-state index is 13.1. The van der Waals surface area contributed by atoms with Gasteiger partial charge < -0.3 is 4.98 Å². The molecule has 20 heavy (non-hydrogen) atoms. The van der Waals surface area contributed by atoms with Gasteiger partial charge in [-0.2, -0.15) is 0 Å². The summed E-state index contributed by atoms with van der Waals surface area (Å²) < 4.78 is 14.3. The van der Waals surface area contributed by atoms with Gasteiger partial charge in [0.2, 0.25) is 0 Å². The van der Waals surface area contributed by atoms with E-state index in [2.05, 4.69) is 15.0 Å². The molecule has 0 atom stereocenters. The Kier molecular flexibility index (Phi) is 2.72. The van der Waals surface area contributed by atoms with Crippen LogP contribution in [0.1, 0.15) is 0 Å². The van der Waals surface area contributed by atoms with E-state index in [1.54, 1.807) is 0 Å². The van der Waals surface area contributed by atoms with Crippen molar-refractivity contribution >= 4 is 22.8 Å². The molecule has 0 unspecified atom stereocenters. The summed E-state index contributed by atoms with van der Waals surface area (Å²) in [4.78, 5) is 32.3. The first kappa shape index (κ1) is 12.6. The lowest BCUT2D eigenvalue weighted by Crippen LogP contribution is -2.28. The number of H-pyrrole nitrogens is 2. The number of benzene rings is 1. The lowest BCUT2D eigenvalue weighted by atomic mass is 10.2. The van der Waals surface area contributed by atoms with Crippen LogP contribution in [0.25, 0.3) is 22.6 Å². The molecule has 0 amide bonds. The molecule has 3 rings (SSSR count). The normalized spacial score (nSPS) is 11.2. The number of aromatic amines is 2. The monoisotopic (exact) mass is 294 g/mol. The number of hydrogen-bond acceptors (Lipinski definition) is 3. The maximum Gasteiger partial charge on any atom is 0.329 e. The number of aryl methyl sites for hydroxylation is 1. The average Bonchev–Trinajstić information content (AvgIpc) is 2.85. The largest absolute Gasteiger partial charge is 0.332 e. The van der Waals surface area contributed by atoms with Crippen LogP contribution < -0.4 is 11.2 Å². The highest BCUT2D eigenvalue weighted by atomic mass is 35.5. The fourth-order valence-corrected chi connectivity index (χ4v) is 2.07. The summed E-state index contributed by atoms with van der Waals surface area (Å²) in [5.41, 5.74) is -0.219. The van der Waals surface area contributed by atoms with Crippen LogP contribution in [-0.2, 0) is 7.05 Å². The summed E-state index contributed by atoms with van der Waals surface area (Å²) in [6.45, 7) is 0. The Morgan fingerprint density at radius 2 is 2.05 bits per heavy atom. The minimum atomic E-state index is -0.560. The number of halogens is 2. The van der Waals surface area contributed by atoms with Gasteiger partial charge in [-0.05, 0) is 18.2 Å². The van der Waals surface area contributed by atoms with Gasteiger partial charge in [0.15, 0.2) is 5.65 Å². The molecule has 0 aliphatic rings. The van der Waals surface area contributed by atoms with Gasteiger partial charge in [0.1, 0.15) is 17.2 Å². The zero-order valence-corrected chi connectivity index (χ0v) is 11.0. The fraction of sp³-hybridized carbons (Fsp3) is 0.0833. The number of nitrogens with one attached hydrogen (secondary N) is 2. The zero-order chi connectivity index (χ0) is 14.4. The van der Waals surface area contributed by atoms with Gasteiger partial charge in [-0.15, -0.1) is 0 Å². The van der Waals surface area contributed by atoms with E-state index in [1.807, 2.05) is 0 Å². The van der Waals surface area contributed by atoms with Crippen LogP contribution in [-0.4, -0.2) is 19.5 Å². The Balaban J connectivity index is 2.31. The van der Waals surface area contributed by atoms with Crippen LogP contribution >= 0.6 is 11.6 Å². The molecule has 1 aromatic carbocycles. The molecular weight excluding hydrogens is 287 g/mol. The number of fused-ring (bicyclic) bond motifs is 1. The van der Waals surface area contributed by atoms with Crippen LogP contribution in [0.4, 0.5) is 4.39 Å². The van der Waals surface area contributed by atoms with Gasteiger partial charge in [0.05, 0.1) is 5.02 Å². The van der Waals surface area contributed by atoms with Gasteiger partial charge >= 0.3 is 5.69 Å². The summed E-state index contributed by atoms with van der Waals surface area (Å²) in [6, 6.07) is 4.07. The molecule has 8 heteroatoms. The first-order valence-electron chi connectivity index (χ1n) is 5.62. The summed E-state index contributed by atoms with van der Waals surface area (Å²) >= 11 is 5.71. The fourth-order valence-electron chi connectivity index (χ4n) is 1.88. The molecule has 0 saturated carbocycles. The number of hydrogen-bond donors (Lipinski definition) is 2. The lowest BCUT2D eigenvalue weighted by molar-refractivity contribution is 0.628. The Morgan fingerprint density at radius 3 is 2.75 bits per heavy atom. The van der Waals surface area contributed by atoms with Crippen molar-refractivity contribution in [3.63, 3.8) is 0 Å². The van der Waals surface area contributed by atoms with Crippen molar-refractivity contribution in [2.75, 3.05) is 0 Å². The topological polar surface area (TPSA) is 83.5 Å². The molecule has 0 aliphatic heterocycles. The Bertz CT molecular complexity index is 941. The molecule has 0 saturated heterocycles. The van der Waals surface area contributed by atoms with Gasteiger partial charge in [0, 0.05) is 12.6 Å². The van der Waals surface area contributed by atoms with Crippen molar-refractivity contribution in [1.82, 2.24) is 19.5 Å².